The van der Waals surface area contributed by atoms with Crippen LogP contribution in [0.25, 0.3) is 11.0 Å². The fraction of sp³-hybridized carbons (Fsp3) is 0.273. The van der Waals surface area contributed by atoms with Crippen molar-refractivity contribution in [1.29, 1.82) is 0 Å². The number of carboxylic acids is 1. The molecule has 1 aromatic carbocycles. The number of fused-ring (bicyclic) bond motifs is 1. The van der Waals surface area contributed by atoms with E-state index in [1.807, 2.05) is 0 Å². The Balaban J connectivity index is 2.03. The summed E-state index contributed by atoms with van der Waals surface area (Å²) in [6, 6.07) is 5.17. The van der Waals surface area contributed by atoms with Gasteiger partial charge in [0.25, 0.3) is 0 Å². The number of aromatic nitrogens is 2. The highest BCUT2D eigenvalue weighted by Gasteiger charge is 2.09. The Morgan fingerprint density at radius 3 is 2.78 bits per heavy atom. The number of benzene rings is 1. The number of aliphatic carboxylic acids is 1. The lowest BCUT2D eigenvalue weighted by Crippen LogP contribution is -2.22. The van der Waals surface area contributed by atoms with Crippen LogP contribution < -0.4 is 11.0 Å². The summed E-state index contributed by atoms with van der Waals surface area (Å²) in [6.45, 7) is 0.131. The monoisotopic (exact) mass is 251 g/mol. The van der Waals surface area contributed by atoms with Crippen LogP contribution in [0.15, 0.2) is 23.0 Å². The first-order valence-electron chi connectivity index (χ1n) is 5.40. The number of imidazole rings is 1. The second kappa shape index (κ2) is 4.92. The van der Waals surface area contributed by atoms with E-state index in [0.29, 0.717) is 16.7 Å². The lowest BCUT2D eigenvalue weighted by Gasteiger charge is -2.10. The van der Waals surface area contributed by atoms with E-state index < -0.39 is 12.1 Å². The van der Waals surface area contributed by atoms with E-state index in [9.17, 15) is 14.7 Å². The quantitative estimate of drug-likeness (QED) is 0.516. The molecule has 0 saturated heterocycles. The van der Waals surface area contributed by atoms with Crippen molar-refractivity contribution in [3.8, 4) is 0 Å². The molecule has 0 aliphatic rings. The van der Waals surface area contributed by atoms with Crippen molar-refractivity contribution in [2.75, 3.05) is 11.9 Å². The molecule has 0 aliphatic heterocycles. The van der Waals surface area contributed by atoms with Gasteiger partial charge in [-0.1, -0.05) is 0 Å². The summed E-state index contributed by atoms with van der Waals surface area (Å²) in [5.74, 6) is -1.05. The van der Waals surface area contributed by atoms with Crippen LogP contribution in [-0.2, 0) is 4.79 Å². The van der Waals surface area contributed by atoms with E-state index in [0.717, 1.165) is 0 Å². The molecule has 0 fully saturated rings. The second-order valence-electron chi connectivity index (χ2n) is 3.97. The molecular weight excluding hydrogens is 238 g/mol. The minimum atomic E-state index is -1.05. The van der Waals surface area contributed by atoms with Crippen LogP contribution >= 0.6 is 0 Å². The van der Waals surface area contributed by atoms with Crippen LogP contribution in [0.2, 0.25) is 0 Å². The molecule has 0 spiro atoms. The van der Waals surface area contributed by atoms with Crippen LogP contribution in [0.1, 0.15) is 6.42 Å². The Morgan fingerprint density at radius 2 is 2.06 bits per heavy atom. The van der Waals surface area contributed by atoms with Crippen molar-refractivity contribution in [1.82, 2.24) is 9.97 Å². The smallest absolute Gasteiger partial charge is 0.323 e. The number of aliphatic hydroxyl groups is 1. The number of aliphatic hydroxyl groups excluding tert-OH is 1. The number of carbonyl (C=O) groups is 1. The highest BCUT2D eigenvalue weighted by Crippen LogP contribution is 2.14. The molecule has 0 saturated carbocycles. The summed E-state index contributed by atoms with van der Waals surface area (Å²) in [5, 5.41) is 20.8. The van der Waals surface area contributed by atoms with Gasteiger partial charge in [-0.15, -0.1) is 0 Å². The maximum atomic E-state index is 11.1. The van der Waals surface area contributed by atoms with Gasteiger partial charge in [-0.2, -0.15) is 0 Å². The highest BCUT2D eigenvalue weighted by atomic mass is 16.4. The van der Waals surface area contributed by atoms with Crippen molar-refractivity contribution in [2.24, 2.45) is 0 Å². The molecule has 1 aromatic heterocycles. The van der Waals surface area contributed by atoms with Gasteiger partial charge in [0.15, 0.2) is 0 Å². The van der Waals surface area contributed by atoms with Gasteiger partial charge in [-0.05, 0) is 18.2 Å². The average Bonchev–Trinajstić information content (AvgIpc) is 2.64. The van der Waals surface area contributed by atoms with E-state index in [4.69, 9.17) is 5.11 Å². The van der Waals surface area contributed by atoms with E-state index in [2.05, 4.69) is 15.3 Å². The molecule has 7 heteroatoms. The third-order valence-electron chi connectivity index (χ3n) is 2.47. The Labute approximate surface area is 101 Å². The van der Waals surface area contributed by atoms with E-state index in [-0.39, 0.29) is 18.7 Å². The molecule has 2 rings (SSSR count). The third-order valence-corrected chi connectivity index (χ3v) is 2.47. The molecule has 5 N–H and O–H groups in total. The van der Waals surface area contributed by atoms with Crippen LogP contribution in [0.4, 0.5) is 5.69 Å². The first-order chi connectivity index (χ1) is 8.54. The summed E-state index contributed by atoms with van der Waals surface area (Å²) >= 11 is 0. The number of anilines is 1. The van der Waals surface area contributed by atoms with Gasteiger partial charge in [0.2, 0.25) is 0 Å². The number of nitrogens with one attached hydrogen (secondary N) is 3. The SMILES string of the molecule is O=C(O)CC(O)CNc1ccc2[nH]c(=O)[nH]c2c1. The molecule has 1 heterocycles. The Kier molecular flexibility index (Phi) is 3.33. The van der Waals surface area contributed by atoms with E-state index >= 15 is 0 Å². The van der Waals surface area contributed by atoms with Gasteiger partial charge in [0.05, 0.1) is 23.6 Å². The van der Waals surface area contributed by atoms with E-state index in [1.54, 1.807) is 18.2 Å². The molecule has 0 bridgehead atoms. The van der Waals surface area contributed by atoms with Gasteiger partial charge in [0.1, 0.15) is 0 Å². The number of H-pyrrole nitrogens is 2. The zero-order chi connectivity index (χ0) is 13.1. The number of hydrogen-bond donors (Lipinski definition) is 5. The summed E-state index contributed by atoms with van der Waals surface area (Å²) in [5.41, 5.74) is 1.75. The van der Waals surface area contributed by atoms with Gasteiger partial charge in [0, 0.05) is 12.2 Å². The first-order valence-corrected chi connectivity index (χ1v) is 5.40. The molecule has 7 nitrogen and oxygen atoms in total. The summed E-state index contributed by atoms with van der Waals surface area (Å²) in [7, 11) is 0. The van der Waals surface area contributed by atoms with Crippen LogP contribution in [0.5, 0.6) is 0 Å². The lowest BCUT2D eigenvalue weighted by atomic mass is 10.2. The Morgan fingerprint density at radius 1 is 1.33 bits per heavy atom. The standard InChI is InChI=1S/C11H13N3O4/c15-7(4-10(16)17)5-12-6-1-2-8-9(3-6)14-11(18)13-8/h1-3,7,12,15H,4-5H2,(H,16,17)(H2,13,14,18). The molecule has 1 unspecified atom stereocenters. The Hall–Kier alpha value is -2.28. The van der Waals surface area contributed by atoms with Crippen molar-refractivity contribution in [3.63, 3.8) is 0 Å². The number of hydrogen-bond acceptors (Lipinski definition) is 4. The van der Waals surface area contributed by atoms with Crippen molar-refractivity contribution < 1.29 is 15.0 Å². The zero-order valence-electron chi connectivity index (χ0n) is 9.43. The van der Waals surface area contributed by atoms with Gasteiger partial charge in [-0.25, -0.2) is 4.79 Å². The number of aromatic amines is 2. The first kappa shape index (κ1) is 12.2. The van der Waals surface area contributed by atoms with Gasteiger partial charge < -0.3 is 25.5 Å². The second-order valence-corrected chi connectivity index (χ2v) is 3.97. The fourth-order valence-electron chi connectivity index (χ4n) is 1.65. The number of rotatable bonds is 5. The minimum absolute atomic E-state index is 0.131. The van der Waals surface area contributed by atoms with Crippen LogP contribution in [0, 0.1) is 0 Å². The summed E-state index contributed by atoms with van der Waals surface area (Å²) in [4.78, 5) is 26.6. The molecule has 2 aromatic rings. The predicted octanol–water partition coefficient (Wildman–Crippen LogP) is 0.104. The highest BCUT2D eigenvalue weighted by molar-refractivity contribution is 5.78. The van der Waals surface area contributed by atoms with Crippen molar-refractivity contribution in [3.05, 3.63) is 28.7 Å². The van der Waals surface area contributed by atoms with Gasteiger partial charge in [-0.3, -0.25) is 4.79 Å². The zero-order valence-corrected chi connectivity index (χ0v) is 9.43. The largest absolute Gasteiger partial charge is 0.481 e. The summed E-state index contributed by atoms with van der Waals surface area (Å²) < 4.78 is 0. The van der Waals surface area contributed by atoms with Crippen LogP contribution in [0.3, 0.4) is 0 Å². The third kappa shape index (κ3) is 2.89. The fourth-order valence-corrected chi connectivity index (χ4v) is 1.65. The van der Waals surface area contributed by atoms with Crippen molar-refractivity contribution >= 4 is 22.7 Å². The Bertz CT molecular complexity index is 616. The van der Waals surface area contributed by atoms with Crippen molar-refractivity contribution in [2.45, 2.75) is 12.5 Å². The molecule has 0 amide bonds. The van der Waals surface area contributed by atoms with E-state index in [1.165, 1.54) is 0 Å². The molecular formula is C11H13N3O4. The maximum absolute atomic E-state index is 11.1. The average molecular weight is 251 g/mol. The lowest BCUT2D eigenvalue weighted by molar-refractivity contribution is -0.138. The molecule has 0 radical (unpaired) electrons. The number of carboxylic acid groups (broad SMARTS) is 1. The summed E-state index contributed by atoms with van der Waals surface area (Å²) in [6.07, 6.45) is -1.26. The normalized spacial score (nSPS) is 12.5. The molecule has 18 heavy (non-hydrogen) atoms. The topological polar surface area (TPSA) is 118 Å². The molecule has 0 aliphatic carbocycles. The maximum Gasteiger partial charge on any atom is 0.323 e. The predicted molar refractivity (Wildman–Crippen MR) is 65.7 cm³/mol. The molecule has 96 valence electrons. The minimum Gasteiger partial charge on any atom is -0.481 e. The van der Waals surface area contributed by atoms with Gasteiger partial charge >= 0.3 is 11.7 Å². The molecule has 1 atom stereocenters. The van der Waals surface area contributed by atoms with Crippen LogP contribution in [-0.4, -0.2) is 38.8 Å².